The molecule has 2 saturated heterocycles. The highest BCUT2D eigenvalue weighted by atomic mass is 16.7. The summed E-state index contributed by atoms with van der Waals surface area (Å²) in [6, 6.07) is 0. The molecular weight excluding hydrogens is 368 g/mol. The lowest BCUT2D eigenvalue weighted by Gasteiger charge is -2.57. The van der Waals surface area contributed by atoms with Crippen molar-refractivity contribution in [3.8, 4) is 0 Å². The van der Waals surface area contributed by atoms with Gasteiger partial charge in [-0.05, 0) is 62.2 Å². The summed E-state index contributed by atoms with van der Waals surface area (Å²) >= 11 is 0. The average Bonchev–Trinajstić information content (AvgIpc) is 2.75. The van der Waals surface area contributed by atoms with Crippen LogP contribution in [0.15, 0.2) is 12.2 Å². The number of hydrogen-bond donors (Lipinski definition) is 1. The van der Waals surface area contributed by atoms with Gasteiger partial charge in [-0.25, -0.2) is 0 Å². The van der Waals surface area contributed by atoms with E-state index in [-0.39, 0.29) is 24.0 Å². The molecule has 5 atom stereocenters. The van der Waals surface area contributed by atoms with E-state index < -0.39 is 0 Å². The molecule has 0 spiro atoms. The molecular formula is C23H38N2O4. The molecule has 2 N–H and O–H groups in total. The van der Waals surface area contributed by atoms with Crippen molar-refractivity contribution in [3.63, 3.8) is 0 Å². The number of piperidine rings is 1. The molecule has 0 aromatic rings. The Kier molecular flexibility index (Phi) is 6.64. The third-order valence-corrected chi connectivity index (χ3v) is 8.28. The largest absolute Gasteiger partial charge is 0.378 e. The quantitative estimate of drug-likeness (QED) is 0.711. The second-order valence-corrected chi connectivity index (χ2v) is 9.70. The van der Waals surface area contributed by atoms with Gasteiger partial charge in [0.05, 0.1) is 25.4 Å². The fraction of sp³-hybridized carbons (Fsp3) is 0.870. The molecule has 2 aliphatic carbocycles. The first-order valence-corrected chi connectivity index (χ1v) is 11.5. The van der Waals surface area contributed by atoms with Crippen LogP contribution < -0.4 is 5.73 Å². The van der Waals surface area contributed by atoms with Gasteiger partial charge in [0.15, 0.2) is 0 Å². The first-order valence-electron chi connectivity index (χ1n) is 11.5. The summed E-state index contributed by atoms with van der Waals surface area (Å²) in [5, 5.41) is 0. The van der Waals surface area contributed by atoms with Crippen molar-refractivity contribution in [2.24, 2.45) is 28.9 Å². The Labute approximate surface area is 175 Å². The van der Waals surface area contributed by atoms with E-state index in [2.05, 4.69) is 13.5 Å². The minimum Gasteiger partial charge on any atom is -0.378 e. The van der Waals surface area contributed by atoms with Crippen LogP contribution in [0.2, 0.25) is 0 Å². The summed E-state index contributed by atoms with van der Waals surface area (Å²) in [4.78, 5) is 13.6. The van der Waals surface area contributed by atoms with Gasteiger partial charge in [0.25, 0.3) is 0 Å². The number of rotatable bonds is 5. The molecule has 0 bridgehead atoms. The maximum atomic E-state index is 11.7. The molecule has 4 fully saturated rings. The summed E-state index contributed by atoms with van der Waals surface area (Å²) < 4.78 is 17.9. The van der Waals surface area contributed by atoms with Gasteiger partial charge in [-0.2, -0.15) is 0 Å². The van der Waals surface area contributed by atoms with Crippen molar-refractivity contribution < 1.29 is 19.0 Å². The highest BCUT2D eigenvalue weighted by molar-refractivity contribution is 5.78. The zero-order valence-corrected chi connectivity index (χ0v) is 17.9. The molecule has 0 aromatic heterocycles. The van der Waals surface area contributed by atoms with Crippen molar-refractivity contribution >= 4 is 5.91 Å². The van der Waals surface area contributed by atoms with Crippen molar-refractivity contribution in [2.45, 2.75) is 64.1 Å². The number of hydrogen-bond acceptors (Lipinski definition) is 5. The topological polar surface area (TPSA) is 74.0 Å². The molecule has 6 heteroatoms. The molecule has 164 valence electrons. The van der Waals surface area contributed by atoms with E-state index in [0.717, 1.165) is 58.4 Å². The minimum atomic E-state index is 0.0483. The second kappa shape index (κ2) is 9.04. The molecule has 0 radical (unpaired) electrons. The average molecular weight is 407 g/mol. The van der Waals surface area contributed by atoms with Gasteiger partial charge in [-0.1, -0.05) is 19.1 Å². The van der Waals surface area contributed by atoms with Gasteiger partial charge < -0.3 is 24.8 Å². The first-order chi connectivity index (χ1) is 14.0. The molecule has 2 saturated carbocycles. The second-order valence-electron chi connectivity index (χ2n) is 9.70. The van der Waals surface area contributed by atoms with E-state index in [9.17, 15) is 4.79 Å². The van der Waals surface area contributed by atoms with Crippen LogP contribution in [0.25, 0.3) is 0 Å². The van der Waals surface area contributed by atoms with Crippen LogP contribution >= 0.6 is 0 Å². The summed E-state index contributed by atoms with van der Waals surface area (Å²) in [5.41, 5.74) is 7.16. The monoisotopic (exact) mass is 406 g/mol. The number of carbonyl (C=O) groups excluding carboxylic acids is 1. The number of allylic oxidation sites excluding steroid dienone is 1. The zero-order chi connectivity index (χ0) is 20.4. The van der Waals surface area contributed by atoms with Crippen molar-refractivity contribution in [3.05, 3.63) is 12.2 Å². The van der Waals surface area contributed by atoms with Crippen LogP contribution in [0.4, 0.5) is 0 Å². The normalized spacial score (nSPS) is 38.4. The number of nitrogens with two attached hydrogens (primary N) is 1. The lowest BCUT2D eigenvalue weighted by molar-refractivity contribution is -0.219. The number of carbonyl (C=O) groups is 1. The molecule has 1 amide bonds. The predicted molar refractivity (Wildman–Crippen MR) is 111 cm³/mol. The van der Waals surface area contributed by atoms with Crippen LogP contribution in [0.5, 0.6) is 0 Å². The molecule has 4 rings (SSSR count). The SMILES string of the molecule is C=C1CCC2C3COCOC3CCC2(C)C1CCOC1CCN(C(=O)CN)CC1. The maximum Gasteiger partial charge on any atom is 0.236 e. The van der Waals surface area contributed by atoms with Crippen LogP contribution in [-0.2, 0) is 19.0 Å². The van der Waals surface area contributed by atoms with E-state index in [4.69, 9.17) is 19.9 Å². The number of nitrogens with zero attached hydrogens (tertiary/aromatic N) is 1. The minimum absolute atomic E-state index is 0.0483. The first kappa shape index (κ1) is 21.3. The Morgan fingerprint density at radius 3 is 2.86 bits per heavy atom. The molecule has 4 aliphatic rings. The van der Waals surface area contributed by atoms with E-state index in [1.54, 1.807) is 0 Å². The van der Waals surface area contributed by atoms with Crippen molar-refractivity contribution in [2.75, 3.05) is 39.6 Å². The third kappa shape index (κ3) is 4.27. The Bertz CT molecular complexity index is 604. The Balaban J connectivity index is 1.31. The number of likely N-dealkylation sites (tertiary alicyclic amines) is 1. The Morgan fingerprint density at radius 2 is 2.10 bits per heavy atom. The molecule has 2 heterocycles. The van der Waals surface area contributed by atoms with Crippen LogP contribution in [0, 0.1) is 23.2 Å². The van der Waals surface area contributed by atoms with Crippen molar-refractivity contribution in [1.82, 2.24) is 4.90 Å². The van der Waals surface area contributed by atoms with E-state index in [0.29, 0.717) is 30.7 Å². The molecule has 6 nitrogen and oxygen atoms in total. The summed E-state index contributed by atoms with van der Waals surface area (Å²) in [6.45, 7) is 10.7. The zero-order valence-electron chi connectivity index (χ0n) is 17.9. The van der Waals surface area contributed by atoms with Gasteiger partial charge >= 0.3 is 0 Å². The third-order valence-electron chi connectivity index (χ3n) is 8.28. The lowest BCUT2D eigenvalue weighted by atomic mass is 9.50. The highest BCUT2D eigenvalue weighted by Crippen LogP contribution is 2.58. The van der Waals surface area contributed by atoms with Gasteiger partial charge in [0, 0.05) is 25.6 Å². The molecule has 5 unspecified atom stereocenters. The van der Waals surface area contributed by atoms with Crippen LogP contribution in [-0.4, -0.2) is 62.7 Å². The lowest BCUT2D eigenvalue weighted by Crippen LogP contribution is -2.54. The smallest absolute Gasteiger partial charge is 0.236 e. The molecule has 2 aliphatic heterocycles. The van der Waals surface area contributed by atoms with E-state index >= 15 is 0 Å². The standard InChI is InChI=1S/C23H38N2O4/c1-16-3-4-20-18-14-27-15-29-21(18)5-9-23(20,2)19(16)8-12-28-17-6-10-25(11-7-17)22(26)13-24/h17-21H,1,3-15,24H2,2H3. The van der Waals surface area contributed by atoms with Crippen molar-refractivity contribution in [1.29, 1.82) is 0 Å². The summed E-state index contributed by atoms with van der Waals surface area (Å²) in [5.74, 6) is 1.75. The van der Waals surface area contributed by atoms with Crippen LogP contribution in [0.1, 0.15) is 51.9 Å². The van der Waals surface area contributed by atoms with E-state index in [1.165, 1.54) is 18.4 Å². The Hall–Kier alpha value is -0.950. The summed E-state index contributed by atoms with van der Waals surface area (Å²) in [6.07, 6.45) is 8.20. The predicted octanol–water partition coefficient (Wildman–Crippen LogP) is 2.71. The number of fused-ring (bicyclic) bond motifs is 3. The van der Waals surface area contributed by atoms with Gasteiger partial charge in [-0.3, -0.25) is 4.79 Å². The maximum absolute atomic E-state index is 11.7. The fourth-order valence-corrected chi connectivity index (χ4v) is 6.60. The fourth-order valence-electron chi connectivity index (χ4n) is 6.60. The highest BCUT2D eigenvalue weighted by Gasteiger charge is 2.53. The van der Waals surface area contributed by atoms with Gasteiger partial charge in [0.2, 0.25) is 5.91 Å². The Morgan fingerprint density at radius 1 is 1.31 bits per heavy atom. The summed E-state index contributed by atoms with van der Waals surface area (Å²) in [7, 11) is 0. The number of ether oxygens (including phenoxy) is 3. The van der Waals surface area contributed by atoms with E-state index in [1.807, 2.05) is 4.90 Å². The van der Waals surface area contributed by atoms with Gasteiger partial charge in [0.1, 0.15) is 6.79 Å². The molecule has 29 heavy (non-hydrogen) atoms. The van der Waals surface area contributed by atoms with Gasteiger partial charge in [-0.15, -0.1) is 0 Å². The van der Waals surface area contributed by atoms with Crippen LogP contribution in [0.3, 0.4) is 0 Å². The molecule has 0 aromatic carbocycles. The number of amides is 1.